The SMILES string of the molecule is CC1(N)CC=CCC1.Cc1cc(NC(=O)c2c(C)c(C(=O)C(=O)NC3(C)CC=CCC3)n(C)c2C)ccc1F.Cc1cc(NC(=O)c2c(C)c(C(=O)C(=O)NC3(C)CC[C@@H](O)[C@@H](O)C3)n(C)c2C)ccc1F.Cc1cc(NC(=O)c2c(C)c(C(=O)C(=O)NC3(C)CC[C@H](O)[C@H](O)C3)n(C)c2C)ccc1F. The number of halogens is 3. The van der Waals surface area contributed by atoms with Crippen molar-refractivity contribution in [2.45, 2.75) is 214 Å². The van der Waals surface area contributed by atoms with Crippen LogP contribution in [0.15, 0.2) is 78.9 Å². The molecule has 4 aliphatic carbocycles. The first-order chi connectivity index (χ1) is 48.9. The standard InChI is InChI=1S/2C24H30FN3O5.C24H28FN3O3.C7H13N/c2*1-12-10-15(6-7-16(12)25)26-22(32)19-13(2)20(28(5)14(19)3)21(31)23(33)27-24(4)9-8-17(29)18(30)11-24;1-14-13-17(9-10-18(14)25)26-22(30)19-15(2)20(28(5)16(19)3)21(29)23(31)27-24(4)11-7-6-8-12-24;1-7(8)5-3-2-4-6-7/h2*6-7,10,17-18,29-30H,8-9,11H2,1-5H3,(H,26,32)(H,27,33);6-7,9-10,13H,8,11-12H2,1-5H3,(H,26,30)(H,27,31);2-3H,4-6,8H2,1H3/t2*17-,18+,24?;;/m10../s1. The van der Waals surface area contributed by atoms with E-state index in [4.69, 9.17) is 5.73 Å². The summed E-state index contributed by atoms with van der Waals surface area (Å²) in [7, 11) is 4.86. The van der Waals surface area contributed by atoms with Gasteiger partial charge in [0.1, 0.15) is 17.5 Å². The van der Waals surface area contributed by atoms with E-state index < -0.39 is 93.8 Å². The largest absolute Gasteiger partial charge is 0.390 e. The molecule has 4 aliphatic rings. The third-order valence-corrected chi connectivity index (χ3v) is 20.7. The molecule has 10 rings (SSSR count). The molecule has 12 N–H and O–H groups in total. The van der Waals surface area contributed by atoms with E-state index in [0.717, 1.165) is 32.1 Å². The zero-order valence-corrected chi connectivity index (χ0v) is 62.8. The molecule has 0 spiro atoms. The number of aryl methyl sites for hydroxylation is 3. The number of aromatic nitrogens is 3. The van der Waals surface area contributed by atoms with Crippen LogP contribution in [0.5, 0.6) is 0 Å². The van der Waals surface area contributed by atoms with E-state index in [2.05, 4.69) is 57.1 Å². The minimum absolute atomic E-state index is 0.0884. The van der Waals surface area contributed by atoms with Crippen LogP contribution < -0.4 is 37.6 Å². The van der Waals surface area contributed by atoms with Gasteiger partial charge in [-0.1, -0.05) is 24.3 Å². The minimum atomic E-state index is -0.983. The Morgan fingerprint density at radius 3 is 0.962 bits per heavy atom. The van der Waals surface area contributed by atoms with E-state index in [9.17, 15) is 76.7 Å². The lowest BCUT2D eigenvalue weighted by molar-refractivity contribution is -0.121. The molecule has 0 bridgehead atoms. The third-order valence-electron chi connectivity index (χ3n) is 20.7. The van der Waals surface area contributed by atoms with Crippen molar-refractivity contribution in [1.82, 2.24) is 29.7 Å². The maximum Gasteiger partial charge on any atom is 0.294 e. The van der Waals surface area contributed by atoms with Gasteiger partial charge in [0.25, 0.3) is 52.8 Å². The molecule has 26 heteroatoms. The van der Waals surface area contributed by atoms with Crippen molar-refractivity contribution in [2.75, 3.05) is 16.0 Å². The van der Waals surface area contributed by atoms with Crippen LogP contribution in [-0.4, -0.2) is 133 Å². The Morgan fingerprint density at radius 2 is 0.714 bits per heavy atom. The molecule has 2 fully saturated rings. The number of nitrogens with zero attached hydrogens (tertiary/aromatic N) is 3. The lowest BCUT2D eigenvalue weighted by Crippen LogP contribution is -2.55. The Bertz CT molecular complexity index is 4270. The summed E-state index contributed by atoms with van der Waals surface area (Å²) < 4.78 is 45.1. The fraction of sp³-hybridized carbons (Fsp3) is 0.456. The van der Waals surface area contributed by atoms with E-state index in [-0.39, 0.29) is 64.0 Å². The molecule has 2 saturated carbocycles. The van der Waals surface area contributed by atoms with Crippen LogP contribution in [0, 0.1) is 79.8 Å². The Kier molecular flexibility index (Phi) is 26.5. The van der Waals surface area contributed by atoms with Crippen molar-refractivity contribution >= 4 is 69.9 Å². The Morgan fingerprint density at radius 1 is 0.419 bits per heavy atom. The second-order valence-corrected chi connectivity index (χ2v) is 29.6. The van der Waals surface area contributed by atoms with Crippen molar-refractivity contribution in [3.63, 3.8) is 0 Å². The van der Waals surface area contributed by atoms with Crippen LogP contribution in [0.25, 0.3) is 0 Å². The summed E-state index contributed by atoms with van der Waals surface area (Å²) in [6.45, 7) is 22.2. The second kappa shape index (κ2) is 33.7. The van der Waals surface area contributed by atoms with Gasteiger partial charge in [0.05, 0.1) is 58.2 Å². The topological polar surface area (TPSA) is 348 Å². The number of ketones is 3. The summed E-state index contributed by atoms with van der Waals surface area (Å²) in [5.74, 6) is -7.10. The zero-order valence-electron chi connectivity index (χ0n) is 62.8. The van der Waals surface area contributed by atoms with Crippen molar-refractivity contribution in [2.24, 2.45) is 26.9 Å². The summed E-state index contributed by atoms with van der Waals surface area (Å²) in [5, 5.41) is 55.9. The highest BCUT2D eigenvalue weighted by Gasteiger charge is 2.42. The number of allylic oxidation sites excluding steroid dienone is 2. The molecule has 8 atom stereocenters. The van der Waals surface area contributed by atoms with Crippen molar-refractivity contribution in [3.8, 4) is 0 Å². The molecule has 0 aliphatic heterocycles. The van der Waals surface area contributed by atoms with E-state index >= 15 is 0 Å². The van der Waals surface area contributed by atoms with E-state index in [0.29, 0.717) is 105 Å². The molecule has 0 radical (unpaired) electrons. The number of Topliss-reactive ketones (excluding diaryl/α,β-unsaturated/α-hetero) is 3. The molecule has 3 heterocycles. The summed E-state index contributed by atoms with van der Waals surface area (Å²) in [4.78, 5) is 116. The summed E-state index contributed by atoms with van der Waals surface area (Å²) >= 11 is 0. The van der Waals surface area contributed by atoms with Crippen LogP contribution in [0.1, 0.15) is 218 Å². The van der Waals surface area contributed by atoms with Gasteiger partial charge < -0.3 is 71.8 Å². The number of nitrogens with one attached hydrogen (secondary N) is 6. The van der Waals surface area contributed by atoms with Crippen LogP contribution in [0.3, 0.4) is 0 Å². The van der Waals surface area contributed by atoms with Crippen LogP contribution in [0.4, 0.5) is 30.2 Å². The monoisotopic (exact) mass is 1450 g/mol. The summed E-state index contributed by atoms with van der Waals surface area (Å²) in [5.41, 5.74) is 10.2. The minimum Gasteiger partial charge on any atom is -0.390 e. The molecule has 6 amide bonds. The number of hydrogen-bond donors (Lipinski definition) is 11. The summed E-state index contributed by atoms with van der Waals surface area (Å²) in [6.07, 6.45) is 12.1. The lowest BCUT2D eigenvalue weighted by Gasteiger charge is -2.39. The fourth-order valence-corrected chi connectivity index (χ4v) is 14.0. The molecule has 105 heavy (non-hydrogen) atoms. The predicted molar refractivity (Wildman–Crippen MR) is 395 cm³/mol. The van der Waals surface area contributed by atoms with E-state index in [1.54, 1.807) is 108 Å². The molecule has 0 saturated heterocycles. The highest BCUT2D eigenvalue weighted by atomic mass is 19.1. The number of anilines is 3. The Labute approximate surface area is 610 Å². The van der Waals surface area contributed by atoms with Gasteiger partial charge in [0.15, 0.2) is 0 Å². The molecule has 23 nitrogen and oxygen atoms in total. The molecule has 566 valence electrons. The molecule has 4 unspecified atom stereocenters. The van der Waals surface area contributed by atoms with Gasteiger partial charge in [-0.3, -0.25) is 43.2 Å². The van der Waals surface area contributed by atoms with E-state index in [1.807, 2.05) is 13.0 Å². The first-order valence-corrected chi connectivity index (χ1v) is 35.1. The summed E-state index contributed by atoms with van der Waals surface area (Å²) in [6, 6.07) is 12.7. The maximum absolute atomic E-state index is 13.5. The normalized spacial score (nSPS) is 22.4. The third kappa shape index (κ3) is 19.7. The number of nitrogens with two attached hydrogens (primary N) is 1. The first kappa shape index (κ1) is 82.7. The van der Waals surface area contributed by atoms with Crippen molar-refractivity contribution < 1.29 is 76.7 Å². The average molecular weight is 1460 g/mol. The molecule has 3 aromatic carbocycles. The van der Waals surface area contributed by atoms with Gasteiger partial charge in [0.2, 0.25) is 0 Å². The quantitative estimate of drug-likeness (QED) is 0.0259. The number of carbonyl (C=O) groups excluding carboxylic acids is 9. The Balaban J connectivity index is 0.000000208. The number of benzene rings is 3. The number of hydrogen-bond acceptors (Lipinski definition) is 14. The van der Waals surface area contributed by atoms with Gasteiger partial charge in [-0.15, -0.1) is 0 Å². The highest BCUT2D eigenvalue weighted by Crippen LogP contribution is 2.33. The predicted octanol–water partition coefficient (Wildman–Crippen LogP) is 10.2. The van der Waals surface area contributed by atoms with E-state index in [1.165, 1.54) is 57.7 Å². The molecule has 3 aromatic heterocycles. The van der Waals surface area contributed by atoms with Crippen LogP contribution >= 0.6 is 0 Å². The maximum atomic E-state index is 13.5. The first-order valence-electron chi connectivity index (χ1n) is 35.1. The van der Waals surface area contributed by atoms with Crippen molar-refractivity contribution in [3.05, 3.63) is 181 Å². The van der Waals surface area contributed by atoms with Crippen LogP contribution in [0.2, 0.25) is 0 Å². The average Bonchev–Trinajstić information content (AvgIpc) is 1.66. The van der Waals surface area contributed by atoms with Gasteiger partial charge in [-0.25, -0.2) is 13.2 Å². The Hall–Kier alpha value is -9.60. The number of aliphatic hydroxyl groups is 4. The van der Waals surface area contributed by atoms with Crippen molar-refractivity contribution in [1.29, 1.82) is 0 Å². The zero-order chi connectivity index (χ0) is 78.3. The molecule has 6 aromatic rings. The molecular weight excluding hydrogens is 1350 g/mol. The number of rotatable bonds is 15. The van der Waals surface area contributed by atoms with Gasteiger partial charge in [0, 0.05) is 77.4 Å². The second-order valence-electron chi connectivity index (χ2n) is 29.6. The van der Waals surface area contributed by atoms with Gasteiger partial charge >= 0.3 is 0 Å². The van der Waals surface area contributed by atoms with Gasteiger partial charge in [-0.2, -0.15) is 0 Å². The number of amides is 6. The lowest BCUT2D eigenvalue weighted by atomic mass is 9.80. The smallest absolute Gasteiger partial charge is 0.294 e. The van der Waals surface area contributed by atoms with Gasteiger partial charge in [-0.05, 0) is 255 Å². The fourth-order valence-electron chi connectivity index (χ4n) is 14.0. The number of carbonyl (C=O) groups is 9. The van der Waals surface area contributed by atoms with Crippen LogP contribution in [-0.2, 0) is 35.5 Å². The molecular formula is C79H101F3N10O13. The number of aliphatic hydroxyl groups excluding tert-OH is 4. The highest BCUT2D eigenvalue weighted by molar-refractivity contribution is 6.44.